The normalized spacial score (nSPS) is 17.8. The summed E-state index contributed by atoms with van der Waals surface area (Å²) in [6.45, 7) is 8.08. The van der Waals surface area contributed by atoms with E-state index in [4.69, 9.17) is 29.5 Å². The molecular weight excluding hydrogens is 667 g/mol. The number of aromatic nitrogens is 6. The summed E-state index contributed by atoms with van der Waals surface area (Å²) in [7, 11) is 3.65. The number of nitrogens with zero attached hydrogens (tertiary/aromatic N) is 8. The van der Waals surface area contributed by atoms with E-state index in [-0.39, 0.29) is 35.7 Å². The van der Waals surface area contributed by atoms with Crippen LogP contribution in [0.4, 0.5) is 24.7 Å². The lowest BCUT2D eigenvalue weighted by Crippen LogP contribution is -2.52. The molecule has 16 heteroatoms. The number of alkyl halides is 3. The highest BCUT2D eigenvalue weighted by molar-refractivity contribution is 5.91. The molecule has 13 nitrogen and oxygen atoms in total. The van der Waals surface area contributed by atoms with Crippen molar-refractivity contribution in [1.29, 1.82) is 0 Å². The molecule has 6 rings (SSSR count). The van der Waals surface area contributed by atoms with Crippen LogP contribution in [0.3, 0.4) is 0 Å². The second-order valence-corrected chi connectivity index (χ2v) is 13.6. The average Bonchev–Trinajstić information content (AvgIpc) is 3.51. The molecule has 2 aliphatic rings. The van der Waals surface area contributed by atoms with Crippen LogP contribution in [0.25, 0.3) is 33.9 Å². The number of aromatic amines is 1. The maximum absolute atomic E-state index is 14.1. The molecule has 0 aromatic carbocycles. The first-order valence-electron chi connectivity index (χ1n) is 17.2. The number of imidazole rings is 1. The zero-order chi connectivity index (χ0) is 36.3. The van der Waals surface area contributed by atoms with Crippen LogP contribution in [-0.2, 0) is 15.7 Å². The lowest BCUT2D eigenvalue weighted by atomic mass is 9.69. The summed E-state index contributed by atoms with van der Waals surface area (Å²) < 4.78 is 52.9. The summed E-state index contributed by atoms with van der Waals surface area (Å²) in [6.07, 6.45) is 3.92. The molecule has 0 unspecified atom stereocenters. The predicted octanol–water partition coefficient (Wildman–Crippen LogP) is 5.52. The number of carboxylic acid groups (broad SMARTS) is 1. The summed E-state index contributed by atoms with van der Waals surface area (Å²) in [5.74, 6) is -0.110. The van der Waals surface area contributed by atoms with Crippen LogP contribution < -0.4 is 14.5 Å². The van der Waals surface area contributed by atoms with E-state index in [0.29, 0.717) is 42.3 Å². The zero-order valence-corrected chi connectivity index (χ0v) is 29.3. The molecule has 1 atom stereocenters. The van der Waals surface area contributed by atoms with Gasteiger partial charge in [0.2, 0.25) is 5.88 Å². The maximum atomic E-state index is 14.1. The van der Waals surface area contributed by atoms with Crippen LogP contribution in [0.15, 0.2) is 30.7 Å². The number of fused-ring (bicyclic) bond motifs is 1. The van der Waals surface area contributed by atoms with Crippen molar-refractivity contribution in [3.05, 3.63) is 36.3 Å². The van der Waals surface area contributed by atoms with Gasteiger partial charge in [-0.1, -0.05) is 6.42 Å². The van der Waals surface area contributed by atoms with Gasteiger partial charge in [0.25, 0.3) is 0 Å². The van der Waals surface area contributed by atoms with Gasteiger partial charge in [0.15, 0.2) is 11.5 Å². The second kappa shape index (κ2) is 15.0. The first kappa shape index (κ1) is 36.2. The fourth-order valence-electron chi connectivity index (χ4n) is 7.13. The van der Waals surface area contributed by atoms with E-state index in [1.165, 1.54) is 6.20 Å². The molecule has 1 saturated carbocycles. The second-order valence-electron chi connectivity index (χ2n) is 13.6. The van der Waals surface area contributed by atoms with Crippen LogP contribution in [0.1, 0.15) is 51.5 Å². The molecule has 4 aromatic rings. The lowest BCUT2D eigenvalue weighted by molar-refractivity contribution is -0.139. The van der Waals surface area contributed by atoms with Gasteiger partial charge < -0.3 is 29.4 Å². The third-order valence-corrected chi connectivity index (χ3v) is 9.77. The van der Waals surface area contributed by atoms with Crippen molar-refractivity contribution in [3.63, 3.8) is 0 Å². The van der Waals surface area contributed by atoms with E-state index in [1.807, 2.05) is 7.05 Å². The summed E-state index contributed by atoms with van der Waals surface area (Å²) >= 11 is 0. The Morgan fingerprint density at radius 3 is 2.55 bits per heavy atom. The number of H-pyrrole nitrogens is 1. The van der Waals surface area contributed by atoms with Crippen molar-refractivity contribution in [3.8, 4) is 28.7 Å². The molecule has 1 aliphatic carbocycles. The van der Waals surface area contributed by atoms with Crippen molar-refractivity contribution >= 4 is 28.6 Å². The molecular formula is C35H44F3N9O4. The fourth-order valence-corrected chi connectivity index (χ4v) is 7.13. The maximum Gasteiger partial charge on any atom is 0.421 e. The van der Waals surface area contributed by atoms with Crippen LogP contribution >= 0.6 is 0 Å². The molecule has 274 valence electrons. The van der Waals surface area contributed by atoms with E-state index >= 15 is 0 Å². The number of rotatable bonds is 14. The zero-order valence-electron chi connectivity index (χ0n) is 29.3. The average molecular weight is 712 g/mol. The highest BCUT2D eigenvalue weighted by Crippen LogP contribution is 2.44. The number of hydrogen-bond donors (Lipinski definition) is 2. The first-order valence-corrected chi connectivity index (χ1v) is 17.2. The SMILES string of the molecule is CCOc1ncc(-c2cc(N(C)CC3(COC)CCC3)c3[nH]c(-c4cnc(N5CCN(CCCC(=O)O)C[C@H]5C)cn4)nc3n2)cc1C(F)(F)F. The van der Waals surface area contributed by atoms with Crippen LogP contribution in [0, 0.1) is 5.41 Å². The minimum Gasteiger partial charge on any atom is -0.481 e. The fraction of sp³-hybridized carbons (Fsp3) is 0.543. The quantitative estimate of drug-likeness (QED) is 0.170. The van der Waals surface area contributed by atoms with Gasteiger partial charge in [0, 0.05) is 70.0 Å². The van der Waals surface area contributed by atoms with Gasteiger partial charge in [0.1, 0.15) is 22.6 Å². The van der Waals surface area contributed by atoms with Crippen LogP contribution in [-0.4, -0.2) is 112 Å². The molecule has 0 amide bonds. The van der Waals surface area contributed by atoms with Gasteiger partial charge in [-0.25, -0.2) is 24.9 Å². The Labute approximate surface area is 294 Å². The predicted molar refractivity (Wildman–Crippen MR) is 186 cm³/mol. The molecule has 0 bridgehead atoms. The molecule has 2 N–H and O–H groups in total. The van der Waals surface area contributed by atoms with Crippen molar-refractivity contribution in [2.45, 2.75) is 58.2 Å². The number of carbonyl (C=O) groups is 1. The Morgan fingerprint density at radius 1 is 1.12 bits per heavy atom. The highest BCUT2D eigenvalue weighted by Gasteiger charge is 2.39. The van der Waals surface area contributed by atoms with Gasteiger partial charge in [-0.3, -0.25) is 9.69 Å². The molecule has 0 radical (unpaired) electrons. The molecule has 1 aliphatic heterocycles. The van der Waals surface area contributed by atoms with E-state index in [2.05, 4.69) is 36.6 Å². The third kappa shape index (κ3) is 8.01. The number of aliphatic carboxylic acids is 1. The topological polar surface area (TPSA) is 146 Å². The van der Waals surface area contributed by atoms with E-state index in [9.17, 15) is 18.0 Å². The van der Waals surface area contributed by atoms with Crippen molar-refractivity contribution < 1.29 is 32.5 Å². The van der Waals surface area contributed by atoms with E-state index in [1.54, 1.807) is 32.5 Å². The Kier molecular flexibility index (Phi) is 10.6. The Morgan fingerprint density at radius 2 is 1.92 bits per heavy atom. The monoisotopic (exact) mass is 711 g/mol. The Bertz CT molecular complexity index is 1830. The molecule has 4 aromatic heterocycles. The summed E-state index contributed by atoms with van der Waals surface area (Å²) in [6, 6.07) is 2.93. The standard InChI is InChI=1S/C35H44F3N9O4/c1-5-51-33-24(35(36,37)38)14-23(16-41-33)25-15-27(45(3)20-34(21-50-4)9-7-10-34)30-32(42-25)44-31(43-30)26-17-40-28(18-39-26)47-13-12-46(19-22(47)2)11-6-8-29(48)49/h14-18,22H,5-13,19-21H2,1-4H3,(H,48,49)(H,42,43,44)/t22-/m1/s1. The number of nitrogens with one attached hydrogen (secondary N) is 1. The summed E-state index contributed by atoms with van der Waals surface area (Å²) in [5.41, 5.74) is 1.62. The number of hydrogen-bond acceptors (Lipinski definition) is 11. The lowest BCUT2D eigenvalue weighted by Gasteiger charge is -2.44. The van der Waals surface area contributed by atoms with Crippen molar-refractivity contribution in [2.75, 3.05) is 69.9 Å². The number of carboxylic acids is 1. The molecule has 0 spiro atoms. The van der Waals surface area contributed by atoms with Gasteiger partial charge >= 0.3 is 12.1 Å². The molecule has 5 heterocycles. The number of pyridine rings is 2. The Hall–Kier alpha value is -4.57. The van der Waals surface area contributed by atoms with Gasteiger partial charge in [0.05, 0.1) is 37.0 Å². The number of piperazine rings is 1. The molecule has 1 saturated heterocycles. The van der Waals surface area contributed by atoms with Gasteiger partial charge in [-0.2, -0.15) is 13.2 Å². The number of methoxy groups -OCH3 is 1. The summed E-state index contributed by atoms with van der Waals surface area (Å²) in [5, 5.41) is 8.96. The molecule has 2 fully saturated rings. The molecule has 51 heavy (non-hydrogen) atoms. The van der Waals surface area contributed by atoms with E-state index < -0.39 is 23.6 Å². The number of halogens is 3. The van der Waals surface area contributed by atoms with Gasteiger partial charge in [-0.15, -0.1) is 0 Å². The minimum atomic E-state index is -4.67. The van der Waals surface area contributed by atoms with E-state index in [0.717, 1.165) is 63.0 Å². The largest absolute Gasteiger partial charge is 0.481 e. The van der Waals surface area contributed by atoms with Crippen LogP contribution in [0.5, 0.6) is 5.88 Å². The summed E-state index contributed by atoms with van der Waals surface area (Å²) in [4.78, 5) is 43.7. The highest BCUT2D eigenvalue weighted by atomic mass is 19.4. The Balaban J connectivity index is 1.31. The number of anilines is 2. The van der Waals surface area contributed by atoms with Crippen LogP contribution in [0.2, 0.25) is 0 Å². The smallest absolute Gasteiger partial charge is 0.421 e. The minimum absolute atomic E-state index is 0.0331. The third-order valence-electron chi connectivity index (χ3n) is 9.77. The van der Waals surface area contributed by atoms with Crippen molar-refractivity contribution in [1.82, 2.24) is 34.8 Å². The first-order chi connectivity index (χ1) is 24.4. The number of ether oxygens (including phenoxy) is 2. The van der Waals surface area contributed by atoms with Crippen molar-refractivity contribution in [2.24, 2.45) is 5.41 Å². The van der Waals surface area contributed by atoms with Gasteiger partial charge in [-0.05, 0) is 51.8 Å².